The van der Waals surface area contributed by atoms with E-state index < -0.39 is 0 Å². The number of rotatable bonds is 2. The van der Waals surface area contributed by atoms with Crippen molar-refractivity contribution in [3.63, 3.8) is 0 Å². The third-order valence-electron chi connectivity index (χ3n) is 4.72. The smallest absolute Gasteiger partial charge is 0.281 e. The van der Waals surface area contributed by atoms with Crippen LogP contribution in [0.5, 0.6) is 0 Å². The quantitative estimate of drug-likeness (QED) is 0.497. The van der Waals surface area contributed by atoms with Crippen LogP contribution in [-0.4, -0.2) is 14.5 Å². The van der Waals surface area contributed by atoms with E-state index in [4.69, 9.17) is 4.42 Å². The first-order valence-electron chi connectivity index (χ1n) is 8.19. The lowest BCUT2D eigenvalue weighted by Crippen LogP contribution is -2.20. The average molecular weight is 396 g/mol. The number of benzene rings is 1. The molecule has 4 aromatic rings. The van der Waals surface area contributed by atoms with Gasteiger partial charge >= 0.3 is 0 Å². The minimum atomic E-state index is -0.0786. The molecule has 0 aliphatic heterocycles. The molecule has 0 radical (unpaired) electrons. The van der Waals surface area contributed by atoms with Gasteiger partial charge in [-0.3, -0.25) is 9.78 Å². The molecule has 1 aliphatic rings. The second-order valence-corrected chi connectivity index (χ2v) is 7.27. The van der Waals surface area contributed by atoms with Crippen molar-refractivity contribution in [2.24, 2.45) is 0 Å². The van der Waals surface area contributed by atoms with Crippen molar-refractivity contribution < 1.29 is 4.42 Å². The van der Waals surface area contributed by atoms with Gasteiger partial charge in [-0.2, -0.15) is 0 Å². The Morgan fingerprint density at radius 2 is 2.12 bits per heavy atom. The van der Waals surface area contributed by atoms with Gasteiger partial charge in [0.15, 0.2) is 11.1 Å². The monoisotopic (exact) mass is 395 g/mol. The van der Waals surface area contributed by atoms with Crippen LogP contribution >= 0.6 is 15.9 Å². The standard InChI is InChI=1S/C19H14BrN3O2/c1-10-14(20)7-6-13-16(10)23(12-4-5-12)19(24)15-17(13)25-18(22-15)11-3-2-8-21-9-11/h2-3,6-9,12H,4-5H2,1H3. The summed E-state index contributed by atoms with van der Waals surface area (Å²) in [5, 5.41) is 0.921. The summed E-state index contributed by atoms with van der Waals surface area (Å²) in [5.74, 6) is 0.426. The molecule has 5 nitrogen and oxygen atoms in total. The third kappa shape index (κ3) is 2.17. The van der Waals surface area contributed by atoms with E-state index in [0.717, 1.165) is 39.3 Å². The number of aryl methyl sites for hydroxylation is 1. The highest BCUT2D eigenvalue weighted by atomic mass is 79.9. The largest absolute Gasteiger partial charge is 0.435 e. The second-order valence-electron chi connectivity index (χ2n) is 6.41. The van der Waals surface area contributed by atoms with Gasteiger partial charge in [-0.05, 0) is 49.6 Å². The Morgan fingerprint density at radius 3 is 2.84 bits per heavy atom. The Bertz CT molecular complexity index is 1190. The molecule has 0 bridgehead atoms. The summed E-state index contributed by atoms with van der Waals surface area (Å²) >= 11 is 3.58. The molecule has 1 aliphatic carbocycles. The average Bonchev–Trinajstić information content (AvgIpc) is 3.36. The van der Waals surface area contributed by atoms with Crippen molar-refractivity contribution in [2.75, 3.05) is 0 Å². The summed E-state index contributed by atoms with van der Waals surface area (Å²) in [6.07, 6.45) is 5.44. The molecule has 3 aromatic heterocycles. The number of aromatic nitrogens is 3. The van der Waals surface area contributed by atoms with Crippen LogP contribution in [0.2, 0.25) is 0 Å². The molecule has 0 atom stereocenters. The van der Waals surface area contributed by atoms with Crippen LogP contribution in [0.25, 0.3) is 33.5 Å². The lowest BCUT2D eigenvalue weighted by Gasteiger charge is -2.12. The minimum absolute atomic E-state index is 0.0786. The van der Waals surface area contributed by atoms with E-state index in [1.54, 1.807) is 12.4 Å². The Balaban J connectivity index is 1.94. The molecular weight excluding hydrogens is 382 g/mol. The molecule has 1 aromatic carbocycles. The van der Waals surface area contributed by atoms with E-state index in [9.17, 15) is 4.79 Å². The first-order valence-corrected chi connectivity index (χ1v) is 8.98. The Labute approximate surface area is 151 Å². The van der Waals surface area contributed by atoms with Gasteiger partial charge < -0.3 is 8.98 Å². The van der Waals surface area contributed by atoms with Crippen LogP contribution in [0.15, 0.2) is 50.3 Å². The summed E-state index contributed by atoms with van der Waals surface area (Å²) in [5.41, 5.74) is 3.60. The lowest BCUT2D eigenvalue weighted by atomic mass is 10.1. The van der Waals surface area contributed by atoms with Crippen LogP contribution in [0.4, 0.5) is 0 Å². The van der Waals surface area contributed by atoms with E-state index in [1.165, 1.54) is 0 Å². The van der Waals surface area contributed by atoms with Crippen molar-refractivity contribution in [3.8, 4) is 11.5 Å². The first-order chi connectivity index (χ1) is 12.1. The van der Waals surface area contributed by atoms with Gasteiger partial charge in [0.25, 0.3) is 5.56 Å². The van der Waals surface area contributed by atoms with Gasteiger partial charge in [0.05, 0.1) is 11.1 Å². The van der Waals surface area contributed by atoms with Crippen LogP contribution in [0.1, 0.15) is 24.4 Å². The van der Waals surface area contributed by atoms with Crippen LogP contribution in [0.3, 0.4) is 0 Å². The number of fused-ring (bicyclic) bond motifs is 3. The van der Waals surface area contributed by atoms with Gasteiger partial charge in [0, 0.05) is 28.3 Å². The van der Waals surface area contributed by atoms with Gasteiger partial charge in [-0.1, -0.05) is 15.9 Å². The number of hydrogen-bond donors (Lipinski definition) is 0. The zero-order valence-electron chi connectivity index (χ0n) is 13.5. The number of pyridine rings is 2. The normalized spacial score (nSPS) is 14.5. The molecule has 0 unspecified atom stereocenters. The maximum Gasteiger partial charge on any atom is 0.281 e. The Morgan fingerprint density at radius 1 is 1.28 bits per heavy atom. The van der Waals surface area contributed by atoms with Crippen LogP contribution in [0, 0.1) is 6.92 Å². The molecule has 3 heterocycles. The molecule has 0 spiro atoms. The van der Waals surface area contributed by atoms with Crippen molar-refractivity contribution in [2.45, 2.75) is 25.8 Å². The lowest BCUT2D eigenvalue weighted by molar-refractivity contribution is 0.621. The zero-order valence-corrected chi connectivity index (χ0v) is 15.1. The summed E-state index contributed by atoms with van der Waals surface area (Å²) in [7, 11) is 0. The number of hydrogen-bond acceptors (Lipinski definition) is 4. The molecule has 1 saturated carbocycles. The van der Waals surface area contributed by atoms with E-state index >= 15 is 0 Å². The summed E-state index contributed by atoms with van der Waals surface area (Å²) < 4.78 is 8.90. The van der Waals surface area contributed by atoms with E-state index in [-0.39, 0.29) is 11.6 Å². The molecule has 25 heavy (non-hydrogen) atoms. The van der Waals surface area contributed by atoms with Crippen LogP contribution in [-0.2, 0) is 0 Å². The highest BCUT2D eigenvalue weighted by molar-refractivity contribution is 9.10. The van der Waals surface area contributed by atoms with E-state index in [0.29, 0.717) is 17.0 Å². The highest BCUT2D eigenvalue weighted by Gasteiger charge is 2.30. The van der Waals surface area contributed by atoms with Crippen LogP contribution < -0.4 is 5.56 Å². The highest BCUT2D eigenvalue weighted by Crippen LogP contribution is 2.40. The molecule has 124 valence electrons. The molecular formula is C19H14BrN3O2. The topological polar surface area (TPSA) is 60.9 Å². The number of halogens is 1. The van der Waals surface area contributed by atoms with Gasteiger partial charge in [-0.25, -0.2) is 4.98 Å². The Hall–Kier alpha value is -2.47. The summed E-state index contributed by atoms with van der Waals surface area (Å²) in [6, 6.07) is 7.94. The van der Waals surface area contributed by atoms with E-state index in [2.05, 4.69) is 25.9 Å². The molecule has 0 amide bonds. The molecule has 5 rings (SSSR count). The van der Waals surface area contributed by atoms with Gasteiger partial charge in [-0.15, -0.1) is 0 Å². The number of oxazole rings is 1. The second kappa shape index (κ2) is 5.26. The fourth-order valence-electron chi connectivity index (χ4n) is 3.33. The predicted molar refractivity (Wildman–Crippen MR) is 99.7 cm³/mol. The van der Waals surface area contributed by atoms with Crippen molar-refractivity contribution >= 4 is 37.9 Å². The SMILES string of the molecule is Cc1c(Br)ccc2c3oc(-c4cccnc4)nc3c(=O)n(C3CC3)c12. The van der Waals surface area contributed by atoms with Gasteiger partial charge in [0.2, 0.25) is 5.89 Å². The van der Waals surface area contributed by atoms with Crippen molar-refractivity contribution in [1.82, 2.24) is 14.5 Å². The summed E-state index contributed by atoms with van der Waals surface area (Å²) in [4.78, 5) is 21.8. The minimum Gasteiger partial charge on any atom is -0.435 e. The predicted octanol–water partition coefficient (Wildman–Crippen LogP) is 4.61. The van der Waals surface area contributed by atoms with Crippen molar-refractivity contribution in [3.05, 3.63) is 57.0 Å². The Kier molecular flexibility index (Phi) is 3.12. The molecule has 6 heteroatoms. The zero-order chi connectivity index (χ0) is 17.1. The summed E-state index contributed by atoms with van der Waals surface area (Å²) in [6.45, 7) is 2.02. The first kappa shape index (κ1) is 14.8. The fourth-order valence-corrected chi connectivity index (χ4v) is 3.65. The maximum atomic E-state index is 13.1. The van der Waals surface area contributed by atoms with Gasteiger partial charge in [0.1, 0.15) is 0 Å². The van der Waals surface area contributed by atoms with E-state index in [1.807, 2.05) is 35.8 Å². The molecule has 0 saturated heterocycles. The molecule has 1 fully saturated rings. The number of nitrogens with zero attached hydrogens (tertiary/aromatic N) is 3. The third-order valence-corrected chi connectivity index (χ3v) is 5.58. The fraction of sp³-hybridized carbons (Fsp3) is 0.211. The van der Waals surface area contributed by atoms with Crippen molar-refractivity contribution in [1.29, 1.82) is 0 Å². The maximum absolute atomic E-state index is 13.1. The molecule has 0 N–H and O–H groups in total.